The van der Waals surface area contributed by atoms with Crippen LogP contribution in [0.25, 0.3) is 0 Å². The smallest absolute Gasteiger partial charge is 0.0416 e. The molecule has 54 valence electrons. The summed E-state index contributed by atoms with van der Waals surface area (Å²) in [5, 5.41) is 5.50. The van der Waals surface area contributed by atoms with E-state index in [2.05, 4.69) is 23.4 Å². The Hall–Kier alpha value is -0.826. The molecule has 0 rings (SSSR count). The maximum atomic E-state index is 5.96. The summed E-state index contributed by atoms with van der Waals surface area (Å²) in [5.74, 6) is 0. The van der Waals surface area contributed by atoms with E-state index < -0.39 is 0 Å². The molecule has 5 heteroatoms. The number of hydrogen-bond donors (Lipinski definition) is 2. The normalized spacial score (nSPS) is 4.44. The van der Waals surface area contributed by atoms with Gasteiger partial charge in [-0.05, 0) is 0 Å². The number of nitrogens with zero attached hydrogens (tertiary/aromatic N) is 2. The Morgan fingerprint density at radius 1 is 1.00 bits per heavy atom. The summed E-state index contributed by atoms with van der Waals surface area (Å²) < 4.78 is 0. The maximum Gasteiger partial charge on any atom is 0.0416 e. The van der Waals surface area contributed by atoms with E-state index >= 15 is 0 Å². The molecule has 0 aliphatic carbocycles. The van der Waals surface area contributed by atoms with Crippen molar-refractivity contribution in [2.75, 3.05) is 0 Å². The summed E-state index contributed by atoms with van der Waals surface area (Å²) >= 11 is 0. The summed E-state index contributed by atoms with van der Waals surface area (Å²) in [6.07, 6.45) is 2.33. The van der Waals surface area contributed by atoms with Gasteiger partial charge in [0, 0.05) is 28.9 Å². The van der Waals surface area contributed by atoms with Gasteiger partial charge in [0.25, 0.3) is 0 Å². The Kier molecular flexibility index (Phi) is 47.4. The average molecular weight is 171 g/mol. The zero-order valence-electron chi connectivity index (χ0n) is 4.78. The zero-order chi connectivity index (χ0) is 6.83. The molecule has 4 nitrogen and oxygen atoms in total. The number of nitrogens with one attached hydrogen (secondary N) is 2. The Morgan fingerprint density at radius 2 is 1.11 bits per heavy atom. The molecule has 0 saturated carbocycles. The summed E-state index contributed by atoms with van der Waals surface area (Å²) in [5.41, 5.74) is 11.9. The third-order valence-corrected chi connectivity index (χ3v) is 0.183. The molecular weight excluding hydrogens is 163 g/mol. The minimum Gasteiger partial charge on any atom is -0.205 e. The second kappa shape index (κ2) is 27.1. The van der Waals surface area contributed by atoms with Crippen LogP contribution in [0.1, 0.15) is 0 Å². The summed E-state index contributed by atoms with van der Waals surface area (Å²) in [4.78, 5) is 0. The Balaban J connectivity index is -0.0000000720. The van der Waals surface area contributed by atoms with Crippen LogP contribution in [0.3, 0.4) is 0 Å². The Labute approximate surface area is 64.0 Å². The van der Waals surface area contributed by atoms with Gasteiger partial charge in [0.2, 0.25) is 0 Å². The van der Waals surface area contributed by atoms with E-state index in [0.717, 1.165) is 0 Å². The molecule has 0 amide bonds. The second-order valence-corrected chi connectivity index (χ2v) is 0.623. The molecular formula is C4H8N4Ni. The van der Waals surface area contributed by atoms with Crippen LogP contribution in [0.5, 0.6) is 0 Å². The van der Waals surface area contributed by atoms with Gasteiger partial charge in [0.1, 0.15) is 0 Å². The average Bonchev–Trinajstić information content (AvgIpc) is 1.88. The van der Waals surface area contributed by atoms with Crippen LogP contribution in [0, 0.1) is 11.1 Å². The third-order valence-electron chi connectivity index (χ3n) is 0.183. The minimum atomic E-state index is 0. The topological polar surface area (TPSA) is 72.4 Å². The maximum absolute atomic E-state index is 5.96. The molecule has 0 aromatic heterocycles. The van der Waals surface area contributed by atoms with Crippen LogP contribution in [0.2, 0.25) is 0 Å². The predicted molar refractivity (Wildman–Crippen MR) is 30.7 cm³/mol. The predicted octanol–water partition coefficient (Wildman–Crippen LogP) is 2.32. The molecule has 0 aliphatic heterocycles. The zero-order valence-corrected chi connectivity index (χ0v) is 5.77. The van der Waals surface area contributed by atoms with Crippen molar-refractivity contribution in [3.63, 3.8) is 0 Å². The molecule has 0 heterocycles. The molecule has 0 fully saturated rings. The Bertz CT molecular complexity index is 66.6. The quantitative estimate of drug-likeness (QED) is 0.472. The first-order valence-electron chi connectivity index (χ1n) is 1.78. The molecule has 0 aliphatic rings. The fourth-order valence-corrected chi connectivity index (χ4v) is 0. The van der Waals surface area contributed by atoms with Gasteiger partial charge in [-0.3, -0.25) is 0 Å². The van der Waals surface area contributed by atoms with Crippen molar-refractivity contribution in [3.8, 4) is 0 Å². The van der Waals surface area contributed by atoms with Crippen LogP contribution in [0.4, 0.5) is 0 Å². The Morgan fingerprint density at radius 3 is 1.11 bits per heavy atom. The first kappa shape index (κ1) is 15.7. The molecule has 0 unspecified atom stereocenters. The monoisotopic (exact) mass is 170 g/mol. The van der Waals surface area contributed by atoms with Gasteiger partial charge in [-0.2, -0.15) is 10.2 Å². The molecule has 0 atom stereocenters. The summed E-state index contributed by atoms with van der Waals surface area (Å²) in [6, 6.07) is 0. The fraction of sp³-hybridized carbons (Fsp3) is 0. The standard InChI is InChI=1S/2C2H4N2.Ni/c2*1-2-4-3;/h2*2-3H,1H2;. The SMILES string of the molecule is C=CN=N.C=CN=N.[Ni]. The second-order valence-electron chi connectivity index (χ2n) is 0.623. The summed E-state index contributed by atoms with van der Waals surface area (Å²) in [6.45, 7) is 6.25. The molecule has 0 aromatic rings. The molecule has 0 radical (unpaired) electrons. The van der Waals surface area contributed by atoms with Crippen LogP contribution in [-0.2, 0) is 16.5 Å². The third kappa shape index (κ3) is 139. The van der Waals surface area contributed by atoms with Crippen LogP contribution in [0.15, 0.2) is 35.8 Å². The number of rotatable bonds is 2. The van der Waals surface area contributed by atoms with E-state index in [1.54, 1.807) is 0 Å². The van der Waals surface area contributed by atoms with Gasteiger partial charge < -0.3 is 0 Å². The molecule has 0 bridgehead atoms. The van der Waals surface area contributed by atoms with Gasteiger partial charge in [0.15, 0.2) is 0 Å². The van der Waals surface area contributed by atoms with Gasteiger partial charge >= 0.3 is 0 Å². The van der Waals surface area contributed by atoms with E-state index in [1.165, 1.54) is 12.4 Å². The van der Waals surface area contributed by atoms with Crippen LogP contribution >= 0.6 is 0 Å². The molecule has 0 spiro atoms. The molecule has 0 aromatic carbocycles. The van der Waals surface area contributed by atoms with E-state index in [4.69, 9.17) is 11.1 Å². The summed E-state index contributed by atoms with van der Waals surface area (Å²) in [7, 11) is 0. The van der Waals surface area contributed by atoms with Gasteiger partial charge in [-0.1, -0.05) is 13.2 Å². The largest absolute Gasteiger partial charge is 0.205 e. The first-order chi connectivity index (χ1) is 3.83. The number of hydrogen-bond acceptors (Lipinski definition) is 4. The van der Waals surface area contributed by atoms with Crippen molar-refractivity contribution in [3.05, 3.63) is 25.6 Å². The van der Waals surface area contributed by atoms with Gasteiger partial charge in [-0.25, -0.2) is 11.1 Å². The van der Waals surface area contributed by atoms with Crippen molar-refractivity contribution in [2.45, 2.75) is 0 Å². The fourth-order valence-electron chi connectivity index (χ4n) is 0. The van der Waals surface area contributed by atoms with Crippen molar-refractivity contribution >= 4 is 0 Å². The van der Waals surface area contributed by atoms with Crippen molar-refractivity contribution in [1.29, 1.82) is 11.1 Å². The minimum absolute atomic E-state index is 0. The molecule has 2 N–H and O–H groups in total. The van der Waals surface area contributed by atoms with Crippen molar-refractivity contribution < 1.29 is 16.5 Å². The van der Waals surface area contributed by atoms with E-state index in [0.29, 0.717) is 0 Å². The van der Waals surface area contributed by atoms with Crippen LogP contribution in [-0.4, -0.2) is 0 Å². The molecule has 0 saturated heterocycles. The van der Waals surface area contributed by atoms with E-state index in [-0.39, 0.29) is 16.5 Å². The van der Waals surface area contributed by atoms with E-state index in [1.807, 2.05) is 0 Å². The van der Waals surface area contributed by atoms with Crippen molar-refractivity contribution in [2.24, 2.45) is 10.2 Å². The molecule has 9 heavy (non-hydrogen) atoms. The van der Waals surface area contributed by atoms with Crippen molar-refractivity contribution in [1.82, 2.24) is 0 Å². The van der Waals surface area contributed by atoms with Gasteiger partial charge in [-0.15, -0.1) is 0 Å². The van der Waals surface area contributed by atoms with Crippen LogP contribution < -0.4 is 0 Å². The van der Waals surface area contributed by atoms with Gasteiger partial charge in [0.05, 0.1) is 0 Å². The van der Waals surface area contributed by atoms with E-state index in [9.17, 15) is 0 Å². The first-order valence-corrected chi connectivity index (χ1v) is 1.78.